The van der Waals surface area contributed by atoms with E-state index in [1.54, 1.807) is 18.5 Å². The van der Waals surface area contributed by atoms with Crippen molar-refractivity contribution in [3.05, 3.63) is 84.1 Å². The molecule has 0 saturated carbocycles. The Kier molecular flexibility index (Phi) is 8.34. The molecule has 3 aromatic heterocycles. The number of nitrogens with one attached hydrogen (secondary N) is 1. The molecule has 1 aromatic carbocycles. The summed E-state index contributed by atoms with van der Waals surface area (Å²) in [6, 6.07) is 15.3. The molecule has 1 unspecified atom stereocenters. The maximum Gasteiger partial charge on any atom is 0.490 e. The van der Waals surface area contributed by atoms with Gasteiger partial charge in [-0.25, -0.2) is 14.8 Å². The lowest BCUT2D eigenvalue weighted by atomic mass is 10.1. The average Bonchev–Trinajstić information content (AvgIpc) is 3.36. The summed E-state index contributed by atoms with van der Waals surface area (Å²) >= 11 is 0. The number of hydrogen-bond donors (Lipinski definition) is 2. The number of carboxylic acids is 1. The second kappa shape index (κ2) is 11.9. The maximum absolute atomic E-state index is 12.8. The van der Waals surface area contributed by atoms with Gasteiger partial charge in [0.05, 0.1) is 11.6 Å². The number of fused-ring (bicyclic) bond motifs is 1. The number of rotatable bonds is 5. The lowest BCUT2D eigenvalue weighted by Gasteiger charge is -2.38. The van der Waals surface area contributed by atoms with E-state index in [0.717, 1.165) is 24.5 Å². The number of carbonyl (C=O) groups excluding carboxylic acids is 1. The third-order valence-corrected chi connectivity index (χ3v) is 6.01. The number of halogens is 3. The van der Waals surface area contributed by atoms with Crippen molar-refractivity contribution in [3.63, 3.8) is 0 Å². The molecular formula is C25H25F3N8O3. The number of aromatic nitrogens is 5. The lowest BCUT2D eigenvalue weighted by Crippen LogP contribution is -2.47. The summed E-state index contributed by atoms with van der Waals surface area (Å²) in [7, 11) is 2.07. The first kappa shape index (κ1) is 27.4. The molecule has 14 heteroatoms. The Balaban J connectivity index is 0.000000448. The SMILES string of the molecule is CN1CCN(c2ncccn2)CC1c1nnc2ccc(C(=O)NCc3ccccc3)cn12.O=C(O)C(F)(F)F. The van der Waals surface area contributed by atoms with E-state index in [0.29, 0.717) is 30.2 Å². The van der Waals surface area contributed by atoms with Crippen LogP contribution >= 0.6 is 0 Å². The van der Waals surface area contributed by atoms with E-state index >= 15 is 0 Å². The van der Waals surface area contributed by atoms with E-state index < -0.39 is 12.1 Å². The maximum atomic E-state index is 12.8. The molecule has 1 aliphatic rings. The number of likely N-dealkylation sites (N-methyl/N-ethyl adjacent to an activating group) is 1. The van der Waals surface area contributed by atoms with Gasteiger partial charge in [0.15, 0.2) is 11.5 Å². The number of carboxylic acid groups (broad SMARTS) is 1. The summed E-state index contributed by atoms with van der Waals surface area (Å²) in [6.07, 6.45) is 0.238. The smallest absolute Gasteiger partial charge is 0.475 e. The number of aliphatic carboxylic acids is 1. The van der Waals surface area contributed by atoms with E-state index in [4.69, 9.17) is 9.90 Å². The van der Waals surface area contributed by atoms with Crippen LogP contribution in [0.4, 0.5) is 19.1 Å². The van der Waals surface area contributed by atoms with Gasteiger partial charge in [-0.05, 0) is 30.8 Å². The van der Waals surface area contributed by atoms with E-state index in [-0.39, 0.29) is 11.9 Å². The van der Waals surface area contributed by atoms with Crippen molar-refractivity contribution in [1.29, 1.82) is 0 Å². The molecule has 4 aromatic rings. The molecule has 11 nitrogen and oxygen atoms in total. The van der Waals surface area contributed by atoms with Crippen LogP contribution < -0.4 is 10.2 Å². The third kappa shape index (κ3) is 6.84. The van der Waals surface area contributed by atoms with Crippen LogP contribution in [0.25, 0.3) is 5.65 Å². The molecule has 39 heavy (non-hydrogen) atoms. The van der Waals surface area contributed by atoms with Gasteiger partial charge in [0.1, 0.15) is 0 Å². The minimum absolute atomic E-state index is 0.00909. The first-order valence-corrected chi connectivity index (χ1v) is 11.8. The summed E-state index contributed by atoms with van der Waals surface area (Å²) in [6.45, 7) is 2.84. The minimum Gasteiger partial charge on any atom is -0.475 e. The van der Waals surface area contributed by atoms with Crippen LogP contribution in [-0.2, 0) is 11.3 Å². The fourth-order valence-corrected chi connectivity index (χ4v) is 3.94. The summed E-state index contributed by atoms with van der Waals surface area (Å²) in [5.74, 6) is -1.39. The highest BCUT2D eigenvalue weighted by Gasteiger charge is 2.38. The van der Waals surface area contributed by atoms with E-state index in [2.05, 4.69) is 42.3 Å². The highest BCUT2D eigenvalue weighted by Crippen LogP contribution is 2.25. The molecule has 1 amide bonds. The van der Waals surface area contributed by atoms with Gasteiger partial charge in [-0.15, -0.1) is 10.2 Å². The van der Waals surface area contributed by atoms with E-state index in [1.165, 1.54) is 0 Å². The van der Waals surface area contributed by atoms with Crippen molar-refractivity contribution in [2.45, 2.75) is 18.8 Å². The predicted molar refractivity (Wildman–Crippen MR) is 134 cm³/mol. The Labute approximate surface area is 220 Å². The molecular weight excluding hydrogens is 517 g/mol. The van der Waals surface area contributed by atoms with Crippen LogP contribution in [0, 0.1) is 0 Å². The van der Waals surface area contributed by atoms with Crippen LogP contribution in [0.3, 0.4) is 0 Å². The van der Waals surface area contributed by atoms with Gasteiger partial charge in [-0.1, -0.05) is 30.3 Å². The molecule has 0 radical (unpaired) electrons. The largest absolute Gasteiger partial charge is 0.490 e. The molecule has 5 rings (SSSR count). The number of pyridine rings is 1. The molecule has 1 saturated heterocycles. The number of carbonyl (C=O) groups is 2. The van der Waals surface area contributed by atoms with Crippen LogP contribution in [0.15, 0.2) is 67.1 Å². The number of piperazine rings is 1. The second-order valence-electron chi connectivity index (χ2n) is 8.67. The summed E-state index contributed by atoms with van der Waals surface area (Å²) in [5.41, 5.74) is 2.33. The minimum atomic E-state index is -5.08. The van der Waals surface area contributed by atoms with E-state index in [1.807, 2.05) is 53.1 Å². The van der Waals surface area contributed by atoms with Gasteiger partial charge in [0.2, 0.25) is 5.95 Å². The Bertz CT molecular complexity index is 1420. The highest BCUT2D eigenvalue weighted by molar-refractivity contribution is 5.94. The molecule has 0 bridgehead atoms. The summed E-state index contributed by atoms with van der Waals surface area (Å²) in [4.78, 5) is 34.8. The number of hydrogen-bond acceptors (Lipinski definition) is 8. The Morgan fingerprint density at radius 1 is 1.03 bits per heavy atom. The average molecular weight is 543 g/mol. The number of benzene rings is 1. The molecule has 0 aliphatic carbocycles. The van der Waals surface area contributed by atoms with E-state index in [9.17, 15) is 18.0 Å². The van der Waals surface area contributed by atoms with Gasteiger partial charge >= 0.3 is 12.1 Å². The highest BCUT2D eigenvalue weighted by atomic mass is 19.4. The number of alkyl halides is 3. The van der Waals surface area contributed by atoms with Crippen molar-refractivity contribution in [2.75, 3.05) is 31.6 Å². The molecule has 1 aliphatic heterocycles. The normalized spacial score (nSPS) is 15.9. The van der Waals surface area contributed by atoms with Crippen molar-refractivity contribution in [2.24, 2.45) is 0 Å². The third-order valence-electron chi connectivity index (χ3n) is 6.01. The molecule has 1 atom stereocenters. The number of anilines is 1. The lowest BCUT2D eigenvalue weighted by molar-refractivity contribution is -0.192. The van der Waals surface area contributed by atoms with Crippen LogP contribution in [0.2, 0.25) is 0 Å². The first-order chi connectivity index (χ1) is 18.6. The van der Waals surface area contributed by atoms with Crippen molar-refractivity contribution < 1.29 is 27.9 Å². The fourth-order valence-electron chi connectivity index (χ4n) is 3.94. The van der Waals surface area contributed by atoms with Crippen LogP contribution in [-0.4, -0.2) is 79.3 Å². The summed E-state index contributed by atoms with van der Waals surface area (Å²) < 4.78 is 33.6. The van der Waals surface area contributed by atoms with Crippen LogP contribution in [0.1, 0.15) is 27.8 Å². The quantitative estimate of drug-likeness (QED) is 0.391. The van der Waals surface area contributed by atoms with Crippen LogP contribution in [0.5, 0.6) is 0 Å². The zero-order chi connectivity index (χ0) is 28.0. The van der Waals surface area contributed by atoms with Crippen molar-refractivity contribution in [1.82, 2.24) is 34.8 Å². The Morgan fingerprint density at radius 2 is 1.72 bits per heavy atom. The summed E-state index contributed by atoms with van der Waals surface area (Å²) in [5, 5.41) is 18.9. The molecule has 0 spiro atoms. The number of amides is 1. The predicted octanol–water partition coefficient (Wildman–Crippen LogP) is 2.58. The molecule has 2 N–H and O–H groups in total. The van der Waals surface area contributed by atoms with Gasteiger partial charge < -0.3 is 15.3 Å². The van der Waals surface area contributed by atoms with Gasteiger partial charge in [-0.2, -0.15) is 13.2 Å². The molecule has 4 heterocycles. The monoisotopic (exact) mass is 542 g/mol. The van der Waals surface area contributed by atoms with Crippen molar-refractivity contribution >= 4 is 23.5 Å². The second-order valence-corrected chi connectivity index (χ2v) is 8.67. The Morgan fingerprint density at radius 3 is 2.38 bits per heavy atom. The zero-order valence-electron chi connectivity index (χ0n) is 20.8. The Hall–Kier alpha value is -4.59. The van der Waals surface area contributed by atoms with Gasteiger partial charge in [-0.3, -0.25) is 14.1 Å². The fraction of sp³-hybridized carbons (Fsp3) is 0.280. The molecule has 1 fully saturated rings. The van der Waals surface area contributed by atoms with Gasteiger partial charge in [0.25, 0.3) is 5.91 Å². The molecule has 204 valence electrons. The number of nitrogens with zero attached hydrogens (tertiary/aromatic N) is 7. The standard InChI is InChI=1S/C23H24N8O.C2HF3O2/c1-29-12-13-30(23-24-10-5-11-25-23)16-19(29)21-28-27-20-9-8-18(15-31(20)21)22(32)26-14-17-6-3-2-4-7-17;3-2(4,5)1(6)7/h2-11,15,19H,12-14,16H2,1H3,(H,26,32);(H,6,7). The topological polar surface area (TPSA) is 129 Å². The van der Waals surface area contributed by atoms with Gasteiger partial charge in [0, 0.05) is 44.8 Å². The first-order valence-electron chi connectivity index (χ1n) is 11.8. The van der Waals surface area contributed by atoms with Crippen molar-refractivity contribution in [3.8, 4) is 0 Å². The zero-order valence-corrected chi connectivity index (χ0v) is 20.8.